The number of unbranched alkanes of at least 4 members (excludes halogenated alkanes) is 3. The molecule has 85 valence electrons. The van der Waals surface area contributed by atoms with Gasteiger partial charge in [-0.1, -0.05) is 12.8 Å². The Bertz CT molecular complexity index is 109. The molecule has 0 aromatic rings. The molecule has 4 nitrogen and oxygen atoms in total. The molecule has 0 fully saturated rings. The number of hydrogen-bond donors (Lipinski definition) is 2. The monoisotopic (exact) mass is 241 g/mol. The molecule has 0 spiro atoms. The van der Waals surface area contributed by atoms with Gasteiger partial charge in [-0.25, -0.2) is 0 Å². The number of ether oxygens (including phenoxy) is 1. The van der Waals surface area contributed by atoms with Crippen LogP contribution in [-0.2, 0) is 27.6 Å². The van der Waals surface area contributed by atoms with Crippen molar-refractivity contribution in [2.75, 3.05) is 13.2 Å². The molecular formula is C9H21O4Ti. The molecule has 0 aliphatic carbocycles. The van der Waals surface area contributed by atoms with Crippen LogP contribution >= 0.6 is 0 Å². The first-order chi connectivity index (χ1) is 6.68. The topological polar surface area (TPSA) is 66.8 Å². The third kappa shape index (κ3) is 22.8. The normalized spacial score (nSPS) is 9.21. The minimum atomic E-state index is -1.75. The predicted octanol–water partition coefficient (Wildman–Crippen LogP) is 1.29. The van der Waals surface area contributed by atoms with Crippen molar-refractivity contribution in [1.29, 1.82) is 0 Å². The van der Waals surface area contributed by atoms with E-state index in [1.54, 1.807) is 0 Å². The average Bonchev–Trinajstić information content (AvgIpc) is 2.12. The van der Waals surface area contributed by atoms with Crippen LogP contribution in [0.5, 0.6) is 0 Å². The van der Waals surface area contributed by atoms with Gasteiger partial charge in [0.1, 0.15) is 0 Å². The Balaban J connectivity index is 0. The van der Waals surface area contributed by atoms with Crippen LogP contribution in [0.15, 0.2) is 0 Å². The van der Waals surface area contributed by atoms with Crippen LogP contribution in [0.2, 0.25) is 0 Å². The fourth-order valence-corrected chi connectivity index (χ4v) is 0.886. The van der Waals surface area contributed by atoms with Gasteiger partial charge in [0.25, 0.3) is 0 Å². The van der Waals surface area contributed by atoms with E-state index in [1.807, 2.05) is 13.8 Å². The van der Waals surface area contributed by atoms with Gasteiger partial charge >= 0.3 is 26.5 Å². The molecule has 5 heteroatoms. The summed E-state index contributed by atoms with van der Waals surface area (Å²) in [4.78, 5) is 0. The van der Waals surface area contributed by atoms with E-state index in [4.69, 9.17) is 16.9 Å². The van der Waals surface area contributed by atoms with Crippen molar-refractivity contribution in [3.8, 4) is 0 Å². The molecule has 0 saturated heterocycles. The van der Waals surface area contributed by atoms with Crippen LogP contribution in [0.3, 0.4) is 0 Å². The second-order valence-corrected chi connectivity index (χ2v) is 3.43. The van der Waals surface area contributed by atoms with Crippen LogP contribution < -0.4 is 0 Å². The number of rotatable bonds is 7. The molecule has 0 bridgehead atoms. The van der Waals surface area contributed by atoms with Gasteiger partial charge in [-0.15, -0.1) is 0 Å². The SMILES string of the molecule is CC(C)OCCCCCCO.[O]=[Ti][OH]. The third-order valence-corrected chi connectivity index (χ3v) is 1.50. The first-order valence-corrected chi connectivity index (χ1v) is 6.26. The Labute approximate surface area is 95.4 Å². The molecule has 0 atom stereocenters. The average molecular weight is 241 g/mol. The number of hydrogen-bond acceptors (Lipinski definition) is 3. The summed E-state index contributed by atoms with van der Waals surface area (Å²) in [5, 5.41) is 8.48. The summed E-state index contributed by atoms with van der Waals surface area (Å²) in [6, 6.07) is 0. The zero-order valence-electron chi connectivity index (χ0n) is 9.03. The van der Waals surface area contributed by atoms with Crippen molar-refractivity contribution in [3.05, 3.63) is 0 Å². The van der Waals surface area contributed by atoms with Gasteiger partial charge in [0.05, 0.1) is 6.10 Å². The second kappa shape index (κ2) is 15.8. The quantitative estimate of drug-likeness (QED) is 0.520. The summed E-state index contributed by atoms with van der Waals surface area (Å²) < 4.78 is 21.1. The summed E-state index contributed by atoms with van der Waals surface area (Å²) in [6.07, 6.45) is 4.71. The Morgan fingerprint density at radius 2 is 1.71 bits per heavy atom. The first-order valence-electron chi connectivity index (χ1n) is 4.92. The van der Waals surface area contributed by atoms with Gasteiger partial charge in [-0.05, 0) is 26.7 Å². The van der Waals surface area contributed by atoms with E-state index in [-0.39, 0.29) is 0 Å². The number of aliphatic hydroxyl groups excluding tert-OH is 1. The molecule has 14 heavy (non-hydrogen) atoms. The molecular weight excluding hydrogens is 220 g/mol. The Morgan fingerprint density at radius 3 is 2.14 bits per heavy atom. The van der Waals surface area contributed by atoms with E-state index < -0.39 is 19.5 Å². The predicted molar refractivity (Wildman–Crippen MR) is 49.5 cm³/mol. The number of aliphatic hydroxyl groups is 1. The molecule has 0 saturated carbocycles. The summed E-state index contributed by atoms with van der Waals surface area (Å²) >= 11 is -1.75. The molecule has 0 aliphatic rings. The van der Waals surface area contributed by atoms with Crippen molar-refractivity contribution in [3.63, 3.8) is 0 Å². The Morgan fingerprint density at radius 1 is 1.21 bits per heavy atom. The van der Waals surface area contributed by atoms with Crippen molar-refractivity contribution in [2.45, 2.75) is 45.6 Å². The van der Waals surface area contributed by atoms with Crippen molar-refractivity contribution in [2.24, 2.45) is 0 Å². The van der Waals surface area contributed by atoms with Crippen LogP contribution in [-0.4, -0.2) is 28.1 Å². The Kier molecular flexibility index (Phi) is 19.0. The standard InChI is InChI=1S/C9H20O2.H2O.O.Ti/c1-9(2)11-8-6-4-3-5-7-10;;;/h9-10H,3-8H2,1-2H3;1H2;;/q;;;+1/p-1. The van der Waals surface area contributed by atoms with Crippen LogP contribution in [0.4, 0.5) is 0 Å². The van der Waals surface area contributed by atoms with Crippen LogP contribution in [0.25, 0.3) is 0 Å². The molecule has 0 unspecified atom stereocenters. The molecule has 2 N–H and O–H groups in total. The fraction of sp³-hybridized carbons (Fsp3) is 1.00. The maximum absolute atomic E-state index is 8.61. The molecule has 0 rings (SSSR count). The van der Waals surface area contributed by atoms with Gasteiger partial charge in [0.15, 0.2) is 0 Å². The van der Waals surface area contributed by atoms with E-state index in [0.717, 1.165) is 25.9 Å². The molecule has 0 heterocycles. The zero-order valence-corrected chi connectivity index (χ0v) is 10.6. The third-order valence-electron chi connectivity index (χ3n) is 1.50. The summed E-state index contributed by atoms with van der Waals surface area (Å²) in [5.41, 5.74) is 0. The van der Waals surface area contributed by atoms with E-state index in [1.165, 1.54) is 6.42 Å². The van der Waals surface area contributed by atoms with E-state index >= 15 is 0 Å². The van der Waals surface area contributed by atoms with E-state index in [9.17, 15) is 0 Å². The van der Waals surface area contributed by atoms with Crippen molar-refractivity contribution < 1.29 is 36.4 Å². The van der Waals surface area contributed by atoms with Crippen LogP contribution in [0.1, 0.15) is 39.5 Å². The fourth-order valence-electron chi connectivity index (χ4n) is 0.886. The van der Waals surface area contributed by atoms with Gasteiger partial charge in [-0.3, -0.25) is 0 Å². The molecule has 0 aromatic heterocycles. The summed E-state index contributed by atoms with van der Waals surface area (Å²) in [6.45, 7) is 5.29. The summed E-state index contributed by atoms with van der Waals surface area (Å²) in [5.74, 6) is 0. The van der Waals surface area contributed by atoms with Gasteiger partial charge in [0, 0.05) is 13.2 Å². The van der Waals surface area contributed by atoms with Crippen molar-refractivity contribution in [1.82, 2.24) is 0 Å². The molecule has 0 radical (unpaired) electrons. The maximum atomic E-state index is 8.61. The van der Waals surface area contributed by atoms with Gasteiger partial charge < -0.3 is 9.84 Å². The molecule has 0 amide bonds. The van der Waals surface area contributed by atoms with Crippen molar-refractivity contribution >= 4 is 0 Å². The van der Waals surface area contributed by atoms with Gasteiger partial charge in [0.2, 0.25) is 0 Å². The Hall–Kier alpha value is 0.394. The minimum absolute atomic E-state index is 0.324. The summed E-state index contributed by atoms with van der Waals surface area (Å²) in [7, 11) is 0. The first kappa shape index (κ1) is 16.8. The van der Waals surface area contributed by atoms with Gasteiger partial charge in [-0.2, -0.15) is 0 Å². The second-order valence-electron chi connectivity index (χ2n) is 3.15. The van der Waals surface area contributed by atoms with E-state index in [0.29, 0.717) is 12.7 Å². The molecule has 0 aliphatic heterocycles. The van der Waals surface area contributed by atoms with Crippen LogP contribution in [0, 0.1) is 0 Å². The zero-order chi connectivity index (χ0) is 11.2. The molecule has 0 aromatic carbocycles. The van der Waals surface area contributed by atoms with E-state index in [2.05, 4.69) is 0 Å².